The molecule has 0 fully saturated rings. The number of fused-ring (bicyclic) bond motifs is 1. The minimum Gasteiger partial charge on any atom is -0.461 e. The first-order chi connectivity index (χ1) is 9.79. The summed E-state index contributed by atoms with van der Waals surface area (Å²) in [6.45, 7) is 4.23. The average molecular weight is 296 g/mol. The lowest BCUT2D eigenvalue weighted by atomic mass is 10.2. The molecule has 0 radical (unpaired) electrons. The van der Waals surface area contributed by atoms with Gasteiger partial charge in [-0.05, 0) is 6.92 Å². The van der Waals surface area contributed by atoms with Gasteiger partial charge in [0.05, 0.1) is 5.69 Å². The number of hydrogen-bond acceptors (Lipinski definition) is 8. The Kier molecular flexibility index (Phi) is 3.83. The van der Waals surface area contributed by atoms with Crippen LogP contribution in [0.4, 0.5) is 5.95 Å². The number of carbonyl (C=O) groups excluding carboxylic acids is 2. The van der Waals surface area contributed by atoms with E-state index in [0.717, 1.165) is 0 Å². The number of rotatable bonds is 4. The van der Waals surface area contributed by atoms with E-state index in [4.69, 9.17) is 9.47 Å². The zero-order chi connectivity index (χ0) is 15.6. The summed E-state index contributed by atoms with van der Waals surface area (Å²) in [7, 11) is 0. The summed E-state index contributed by atoms with van der Waals surface area (Å²) in [5.74, 6) is -0.617. The molecule has 2 heterocycles. The normalized spacial score (nSPS) is 19.2. The summed E-state index contributed by atoms with van der Waals surface area (Å²) in [4.78, 5) is 37.8. The first-order valence-corrected chi connectivity index (χ1v) is 6.25. The van der Waals surface area contributed by atoms with Crippen LogP contribution in [0.2, 0.25) is 0 Å². The van der Waals surface area contributed by atoms with Crippen LogP contribution in [0.5, 0.6) is 0 Å². The van der Waals surface area contributed by atoms with Crippen molar-refractivity contribution in [2.75, 3.05) is 17.3 Å². The minimum absolute atomic E-state index is 0.0183. The first kappa shape index (κ1) is 14.8. The van der Waals surface area contributed by atoms with Gasteiger partial charge < -0.3 is 14.8 Å². The number of anilines is 1. The van der Waals surface area contributed by atoms with Gasteiger partial charge in [0.15, 0.2) is 5.66 Å². The smallest absolute Gasteiger partial charge is 0.303 e. The Morgan fingerprint density at radius 2 is 2.00 bits per heavy atom. The summed E-state index contributed by atoms with van der Waals surface area (Å²) < 4.78 is 10.9. The molecule has 0 spiro atoms. The Bertz CT molecular complexity index is 641. The summed E-state index contributed by atoms with van der Waals surface area (Å²) in [6, 6.07) is 1.26. The van der Waals surface area contributed by atoms with Crippen LogP contribution in [-0.2, 0) is 25.7 Å². The van der Waals surface area contributed by atoms with Crippen LogP contribution < -0.4 is 16.3 Å². The van der Waals surface area contributed by atoms with Gasteiger partial charge in [0.25, 0.3) is 5.56 Å². The van der Waals surface area contributed by atoms with Crippen molar-refractivity contribution >= 4 is 17.9 Å². The third kappa shape index (κ3) is 3.50. The van der Waals surface area contributed by atoms with Gasteiger partial charge in [0.2, 0.25) is 5.95 Å². The third-order valence-corrected chi connectivity index (χ3v) is 2.71. The lowest BCUT2D eigenvalue weighted by Gasteiger charge is -2.23. The minimum atomic E-state index is -0.842. The van der Waals surface area contributed by atoms with Crippen LogP contribution in [0.15, 0.2) is 10.9 Å². The molecule has 1 unspecified atom stereocenters. The molecule has 1 aliphatic rings. The second kappa shape index (κ2) is 5.43. The lowest BCUT2D eigenvalue weighted by molar-refractivity contribution is -0.143. The second-order valence-electron chi connectivity index (χ2n) is 4.87. The van der Waals surface area contributed by atoms with Gasteiger partial charge in [-0.1, -0.05) is 0 Å². The highest BCUT2D eigenvalue weighted by Gasteiger charge is 2.34. The van der Waals surface area contributed by atoms with Gasteiger partial charge in [0, 0.05) is 19.9 Å². The number of esters is 2. The van der Waals surface area contributed by atoms with Gasteiger partial charge in [-0.15, -0.1) is 0 Å². The van der Waals surface area contributed by atoms with Gasteiger partial charge in [0.1, 0.15) is 13.2 Å². The van der Waals surface area contributed by atoms with E-state index in [1.807, 2.05) is 0 Å². The third-order valence-electron chi connectivity index (χ3n) is 2.71. The number of aromatic nitrogens is 2. The average Bonchev–Trinajstić information content (AvgIpc) is 2.72. The summed E-state index contributed by atoms with van der Waals surface area (Å²) in [5.41, 5.74) is 2.00. The van der Waals surface area contributed by atoms with Gasteiger partial charge in [-0.25, -0.2) is 4.98 Å². The van der Waals surface area contributed by atoms with E-state index >= 15 is 0 Å². The van der Waals surface area contributed by atoms with Gasteiger partial charge in [-0.2, -0.15) is 4.68 Å². The van der Waals surface area contributed by atoms with Crippen LogP contribution in [0.1, 0.15) is 26.5 Å². The van der Waals surface area contributed by atoms with E-state index in [1.165, 1.54) is 24.6 Å². The molecule has 1 atom stereocenters. The van der Waals surface area contributed by atoms with Crippen molar-refractivity contribution in [3.63, 3.8) is 0 Å². The van der Waals surface area contributed by atoms with Crippen molar-refractivity contribution in [1.29, 1.82) is 0 Å². The highest BCUT2D eigenvalue weighted by Crippen LogP contribution is 2.18. The molecule has 0 aromatic carbocycles. The predicted octanol–water partition coefficient (Wildman–Crippen LogP) is -0.445. The van der Waals surface area contributed by atoms with E-state index in [-0.39, 0.29) is 24.7 Å². The van der Waals surface area contributed by atoms with Crippen LogP contribution in [0.3, 0.4) is 0 Å². The molecular weight excluding hydrogens is 280 g/mol. The molecule has 0 saturated heterocycles. The molecule has 0 bridgehead atoms. The molecule has 0 saturated carbocycles. The number of hydrogen-bond donors (Lipinski definition) is 2. The fourth-order valence-corrected chi connectivity index (χ4v) is 1.81. The Balaban J connectivity index is 2.16. The van der Waals surface area contributed by atoms with Gasteiger partial charge in [-0.3, -0.25) is 19.8 Å². The highest BCUT2D eigenvalue weighted by molar-refractivity contribution is 5.66. The standard InChI is InChI=1S/C12H16N4O5/c1-7(17)20-5-9-4-10(19)16-11(13-9)14-12(3,15-16)6-21-8(2)18/h4,15H,5-6H2,1-3H3,(H,13,14). The van der Waals surface area contributed by atoms with E-state index < -0.39 is 17.6 Å². The Morgan fingerprint density at radius 1 is 1.33 bits per heavy atom. The second-order valence-corrected chi connectivity index (χ2v) is 4.87. The van der Waals surface area contributed by atoms with Crippen molar-refractivity contribution in [3.05, 3.63) is 22.1 Å². The highest BCUT2D eigenvalue weighted by atomic mass is 16.5. The van der Waals surface area contributed by atoms with Crippen LogP contribution in [0, 0.1) is 0 Å². The van der Waals surface area contributed by atoms with Crippen LogP contribution >= 0.6 is 0 Å². The number of nitrogens with one attached hydrogen (secondary N) is 2. The zero-order valence-electron chi connectivity index (χ0n) is 11.9. The quantitative estimate of drug-likeness (QED) is 0.719. The summed E-state index contributed by atoms with van der Waals surface area (Å²) in [5, 5.41) is 2.96. The molecule has 2 rings (SSSR count). The first-order valence-electron chi connectivity index (χ1n) is 6.25. The number of ether oxygens (including phenoxy) is 2. The van der Waals surface area contributed by atoms with Crippen molar-refractivity contribution < 1.29 is 19.1 Å². The van der Waals surface area contributed by atoms with Crippen molar-refractivity contribution in [1.82, 2.24) is 9.66 Å². The molecular formula is C12H16N4O5. The lowest BCUT2D eigenvalue weighted by Crippen LogP contribution is -2.46. The zero-order valence-corrected chi connectivity index (χ0v) is 11.9. The Morgan fingerprint density at radius 3 is 2.62 bits per heavy atom. The summed E-state index contributed by atoms with van der Waals surface area (Å²) in [6.07, 6.45) is 0. The fraction of sp³-hybridized carbons (Fsp3) is 0.500. The van der Waals surface area contributed by atoms with E-state index in [2.05, 4.69) is 15.7 Å². The Hall–Kier alpha value is -2.58. The van der Waals surface area contributed by atoms with Gasteiger partial charge >= 0.3 is 11.9 Å². The van der Waals surface area contributed by atoms with E-state index in [9.17, 15) is 14.4 Å². The molecule has 0 aliphatic carbocycles. The maximum absolute atomic E-state index is 12.0. The molecule has 9 nitrogen and oxygen atoms in total. The SMILES string of the molecule is CC(=O)OCc1cc(=O)n2c(n1)NC(C)(COC(C)=O)N2. The Labute approximate surface area is 120 Å². The number of nitrogens with zero attached hydrogens (tertiary/aromatic N) is 2. The molecule has 9 heteroatoms. The monoisotopic (exact) mass is 296 g/mol. The maximum atomic E-state index is 12.0. The summed E-state index contributed by atoms with van der Waals surface area (Å²) >= 11 is 0. The van der Waals surface area contributed by atoms with Crippen LogP contribution in [-0.4, -0.2) is 33.9 Å². The van der Waals surface area contributed by atoms with Crippen LogP contribution in [0.25, 0.3) is 0 Å². The van der Waals surface area contributed by atoms with Crippen molar-refractivity contribution in [2.24, 2.45) is 0 Å². The number of carbonyl (C=O) groups is 2. The largest absolute Gasteiger partial charge is 0.461 e. The molecule has 1 aliphatic heterocycles. The molecule has 1 aromatic rings. The fourth-order valence-electron chi connectivity index (χ4n) is 1.81. The molecule has 0 amide bonds. The molecule has 114 valence electrons. The van der Waals surface area contributed by atoms with Crippen molar-refractivity contribution in [3.8, 4) is 0 Å². The molecule has 1 aromatic heterocycles. The van der Waals surface area contributed by atoms with E-state index in [1.54, 1.807) is 6.92 Å². The molecule has 21 heavy (non-hydrogen) atoms. The predicted molar refractivity (Wildman–Crippen MR) is 72.0 cm³/mol. The topological polar surface area (TPSA) is 112 Å². The van der Waals surface area contributed by atoms with Crippen molar-refractivity contribution in [2.45, 2.75) is 33.0 Å². The molecule has 2 N–H and O–H groups in total. The van der Waals surface area contributed by atoms with E-state index in [0.29, 0.717) is 5.69 Å². The maximum Gasteiger partial charge on any atom is 0.303 e.